The lowest BCUT2D eigenvalue weighted by atomic mass is 10.2. The van der Waals surface area contributed by atoms with E-state index in [-0.39, 0.29) is 11.4 Å². The van der Waals surface area contributed by atoms with Gasteiger partial charge in [0.05, 0.1) is 5.69 Å². The van der Waals surface area contributed by atoms with E-state index in [4.69, 9.17) is 0 Å². The Morgan fingerprint density at radius 1 is 1.56 bits per heavy atom. The van der Waals surface area contributed by atoms with Gasteiger partial charge in [-0.1, -0.05) is 12.6 Å². The number of hydrogen-bond acceptors (Lipinski definition) is 2. The minimum atomic E-state index is -2.93. The summed E-state index contributed by atoms with van der Waals surface area (Å²) in [5.41, 5.74) is 1.02. The number of halogens is 2. The number of ether oxygens (including phenoxy) is 1. The highest BCUT2D eigenvalue weighted by atomic mass is 19.3. The van der Waals surface area contributed by atoms with Crippen molar-refractivity contribution in [2.75, 3.05) is 5.32 Å². The third-order valence-electron chi connectivity index (χ3n) is 1.79. The first kappa shape index (κ1) is 12.2. The first-order chi connectivity index (χ1) is 7.52. The van der Waals surface area contributed by atoms with E-state index in [0.717, 1.165) is 11.6 Å². The molecule has 0 atom stereocenters. The molecule has 86 valence electrons. The molecule has 3 nitrogen and oxygen atoms in total. The number of alkyl halides is 2. The van der Waals surface area contributed by atoms with Crippen molar-refractivity contribution >= 4 is 11.6 Å². The third kappa shape index (κ3) is 3.34. The van der Waals surface area contributed by atoms with Crippen LogP contribution in [0.5, 0.6) is 5.75 Å². The number of amides is 1. The Labute approximate surface area is 91.7 Å². The second-order valence-corrected chi connectivity index (χ2v) is 3.07. The van der Waals surface area contributed by atoms with Crippen LogP contribution in [0.3, 0.4) is 0 Å². The van der Waals surface area contributed by atoms with E-state index >= 15 is 0 Å². The zero-order valence-corrected chi connectivity index (χ0v) is 8.67. The van der Waals surface area contributed by atoms with E-state index in [1.54, 1.807) is 19.1 Å². The molecule has 1 aromatic carbocycles. The molecule has 0 spiro atoms. The molecule has 1 N–H and O–H groups in total. The van der Waals surface area contributed by atoms with Crippen molar-refractivity contribution in [3.8, 4) is 5.75 Å². The van der Waals surface area contributed by atoms with E-state index in [1.165, 1.54) is 6.07 Å². The molecule has 0 heterocycles. The largest absolute Gasteiger partial charge is 0.433 e. The molecule has 0 aliphatic heterocycles. The summed E-state index contributed by atoms with van der Waals surface area (Å²) in [5.74, 6) is -0.555. The number of nitrogens with one attached hydrogen (secondary N) is 1. The van der Waals surface area contributed by atoms with Crippen molar-refractivity contribution in [1.82, 2.24) is 0 Å². The molecule has 0 bridgehead atoms. The van der Waals surface area contributed by atoms with Gasteiger partial charge in [0.1, 0.15) is 5.75 Å². The standard InChI is InChI=1S/C11H11F2NO2/c1-3-10(15)14-8-6-7(2)4-5-9(8)16-11(12)13/h3-6,11H,1H2,2H3,(H,14,15). The van der Waals surface area contributed by atoms with E-state index in [2.05, 4.69) is 16.6 Å². The number of benzene rings is 1. The van der Waals surface area contributed by atoms with Gasteiger partial charge in [-0.05, 0) is 30.7 Å². The summed E-state index contributed by atoms with van der Waals surface area (Å²) < 4.78 is 28.4. The van der Waals surface area contributed by atoms with Gasteiger partial charge in [0.15, 0.2) is 0 Å². The molecule has 0 unspecified atom stereocenters. The lowest BCUT2D eigenvalue weighted by Crippen LogP contribution is -2.11. The van der Waals surface area contributed by atoms with Gasteiger partial charge in [-0.25, -0.2) is 0 Å². The number of anilines is 1. The van der Waals surface area contributed by atoms with Crippen molar-refractivity contribution < 1.29 is 18.3 Å². The predicted octanol–water partition coefficient (Wildman–Crippen LogP) is 2.72. The van der Waals surface area contributed by atoms with Gasteiger partial charge in [-0.3, -0.25) is 4.79 Å². The second-order valence-electron chi connectivity index (χ2n) is 3.07. The molecule has 5 heteroatoms. The lowest BCUT2D eigenvalue weighted by molar-refractivity contribution is -0.112. The van der Waals surface area contributed by atoms with Crippen molar-refractivity contribution in [3.63, 3.8) is 0 Å². The van der Waals surface area contributed by atoms with Crippen LogP contribution in [0.1, 0.15) is 5.56 Å². The van der Waals surface area contributed by atoms with Crippen LogP contribution < -0.4 is 10.1 Å². The topological polar surface area (TPSA) is 38.3 Å². The maximum atomic E-state index is 12.1. The fraction of sp³-hybridized carbons (Fsp3) is 0.182. The zero-order chi connectivity index (χ0) is 12.1. The van der Waals surface area contributed by atoms with E-state index in [1.807, 2.05) is 0 Å². The fourth-order valence-corrected chi connectivity index (χ4v) is 1.12. The van der Waals surface area contributed by atoms with Gasteiger partial charge in [0.2, 0.25) is 5.91 Å². The average molecular weight is 227 g/mol. The molecule has 16 heavy (non-hydrogen) atoms. The van der Waals surface area contributed by atoms with Crippen molar-refractivity contribution in [2.24, 2.45) is 0 Å². The van der Waals surface area contributed by atoms with Crippen LogP contribution >= 0.6 is 0 Å². The van der Waals surface area contributed by atoms with Gasteiger partial charge in [0, 0.05) is 0 Å². The number of carbonyl (C=O) groups is 1. The Bertz CT molecular complexity index is 405. The van der Waals surface area contributed by atoms with Crippen molar-refractivity contribution in [1.29, 1.82) is 0 Å². The number of aryl methyl sites for hydroxylation is 1. The van der Waals surface area contributed by atoms with Crippen LogP contribution in [-0.2, 0) is 4.79 Å². The molecule has 0 fully saturated rings. The SMILES string of the molecule is C=CC(=O)Nc1cc(C)ccc1OC(F)F. The highest BCUT2D eigenvalue weighted by Gasteiger charge is 2.10. The Morgan fingerprint density at radius 2 is 2.25 bits per heavy atom. The molecule has 0 saturated carbocycles. The Kier molecular flexibility index (Phi) is 3.99. The van der Waals surface area contributed by atoms with Gasteiger partial charge in [-0.15, -0.1) is 0 Å². The summed E-state index contributed by atoms with van der Waals surface area (Å²) in [6.07, 6.45) is 1.05. The molecule has 0 aliphatic rings. The Balaban J connectivity index is 2.97. The molecule has 0 saturated heterocycles. The maximum absolute atomic E-state index is 12.1. The number of carbonyl (C=O) groups excluding carboxylic acids is 1. The van der Waals surface area contributed by atoms with Crippen LogP contribution in [0.25, 0.3) is 0 Å². The maximum Gasteiger partial charge on any atom is 0.387 e. The Morgan fingerprint density at radius 3 is 2.81 bits per heavy atom. The monoisotopic (exact) mass is 227 g/mol. The minimum absolute atomic E-state index is 0.0733. The molecular formula is C11H11F2NO2. The summed E-state index contributed by atoms with van der Waals surface area (Å²) in [4.78, 5) is 11.1. The van der Waals surface area contributed by atoms with Gasteiger partial charge < -0.3 is 10.1 Å². The van der Waals surface area contributed by atoms with Crippen LogP contribution in [0, 0.1) is 6.92 Å². The molecule has 1 aromatic rings. The molecule has 1 rings (SSSR count). The fourth-order valence-electron chi connectivity index (χ4n) is 1.12. The van der Waals surface area contributed by atoms with Crippen molar-refractivity contribution in [3.05, 3.63) is 36.4 Å². The normalized spacial score (nSPS) is 10.0. The molecular weight excluding hydrogens is 216 g/mol. The lowest BCUT2D eigenvalue weighted by Gasteiger charge is -2.11. The smallest absolute Gasteiger partial charge is 0.387 e. The molecule has 0 radical (unpaired) electrons. The van der Waals surface area contributed by atoms with E-state index in [0.29, 0.717) is 0 Å². The van der Waals surface area contributed by atoms with Crippen LogP contribution in [0.15, 0.2) is 30.9 Å². The average Bonchev–Trinajstić information content (AvgIpc) is 2.21. The van der Waals surface area contributed by atoms with Crippen LogP contribution in [0.4, 0.5) is 14.5 Å². The van der Waals surface area contributed by atoms with Gasteiger partial charge >= 0.3 is 6.61 Å². The van der Waals surface area contributed by atoms with Crippen LogP contribution in [0.2, 0.25) is 0 Å². The summed E-state index contributed by atoms with van der Waals surface area (Å²) in [7, 11) is 0. The van der Waals surface area contributed by atoms with E-state index < -0.39 is 12.5 Å². The molecule has 0 aliphatic carbocycles. The quantitative estimate of drug-likeness (QED) is 0.803. The van der Waals surface area contributed by atoms with Gasteiger partial charge in [-0.2, -0.15) is 8.78 Å². The predicted molar refractivity (Wildman–Crippen MR) is 56.6 cm³/mol. The Hall–Kier alpha value is -1.91. The molecule has 1 amide bonds. The van der Waals surface area contributed by atoms with Crippen molar-refractivity contribution in [2.45, 2.75) is 13.5 Å². The van der Waals surface area contributed by atoms with Gasteiger partial charge in [0.25, 0.3) is 0 Å². The highest BCUT2D eigenvalue weighted by Crippen LogP contribution is 2.27. The summed E-state index contributed by atoms with van der Waals surface area (Å²) in [6.45, 7) is 2.11. The summed E-state index contributed by atoms with van der Waals surface area (Å²) in [5, 5.41) is 2.39. The molecule has 0 aromatic heterocycles. The summed E-state index contributed by atoms with van der Waals surface area (Å²) >= 11 is 0. The van der Waals surface area contributed by atoms with E-state index in [9.17, 15) is 13.6 Å². The summed E-state index contributed by atoms with van der Waals surface area (Å²) in [6, 6.07) is 4.53. The minimum Gasteiger partial charge on any atom is -0.433 e. The van der Waals surface area contributed by atoms with Crippen LogP contribution in [-0.4, -0.2) is 12.5 Å². The first-order valence-electron chi connectivity index (χ1n) is 4.52. The highest BCUT2D eigenvalue weighted by molar-refractivity contribution is 5.99. The third-order valence-corrected chi connectivity index (χ3v) is 1.79. The first-order valence-corrected chi connectivity index (χ1v) is 4.52. The number of hydrogen-bond donors (Lipinski definition) is 1. The zero-order valence-electron chi connectivity index (χ0n) is 8.67. The second kappa shape index (κ2) is 5.25. The number of rotatable bonds is 4.